The predicted molar refractivity (Wildman–Crippen MR) is 83.8 cm³/mol. The summed E-state index contributed by atoms with van der Waals surface area (Å²) in [6, 6.07) is 3.73. The van der Waals surface area contributed by atoms with E-state index >= 15 is 0 Å². The van der Waals surface area contributed by atoms with Crippen molar-refractivity contribution in [2.45, 2.75) is 45.6 Å². The molecule has 1 saturated heterocycles. The number of carbonyl (C=O) groups is 2. The van der Waals surface area contributed by atoms with Crippen molar-refractivity contribution >= 4 is 23.2 Å². The fourth-order valence-electron chi connectivity index (χ4n) is 2.88. The summed E-state index contributed by atoms with van der Waals surface area (Å²) < 4.78 is 4.70. The number of ether oxygens (including phenoxy) is 1. The van der Waals surface area contributed by atoms with Crippen LogP contribution in [-0.4, -0.2) is 36.5 Å². The van der Waals surface area contributed by atoms with Crippen molar-refractivity contribution in [3.63, 3.8) is 0 Å². The summed E-state index contributed by atoms with van der Waals surface area (Å²) in [7, 11) is 1.35. The largest absolute Gasteiger partial charge is 0.465 e. The average Bonchev–Trinajstić information content (AvgIpc) is 3.02. The zero-order valence-corrected chi connectivity index (χ0v) is 13.7. The van der Waals surface area contributed by atoms with E-state index in [2.05, 4.69) is 13.8 Å². The van der Waals surface area contributed by atoms with Crippen molar-refractivity contribution in [2.75, 3.05) is 13.7 Å². The van der Waals surface area contributed by atoms with Gasteiger partial charge in [0.05, 0.1) is 12.0 Å². The van der Waals surface area contributed by atoms with Gasteiger partial charge in [0.25, 0.3) is 5.91 Å². The van der Waals surface area contributed by atoms with Gasteiger partial charge in [-0.1, -0.05) is 20.3 Å². The molecule has 116 valence electrons. The van der Waals surface area contributed by atoms with E-state index in [9.17, 15) is 9.59 Å². The first kappa shape index (κ1) is 16.0. The highest BCUT2D eigenvalue weighted by molar-refractivity contribution is 7.15. The second-order valence-electron chi connectivity index (χ2n) is 5.60. The van der Waals surface area contributed by atoms with Crippen molar-refractivity contribution in [2.24, 2.45) is 5.92 Å². The molecule has 4 nitrogen and oxygen atoms in total. The number of esters is 1. The van der Waals surface area contributed by atoms with Crippen LogP contribution >= 0.6 is 11.3 Å². The summed E-state index contributed by atoms with van der Waals surface area (Å²) in [4.78, 5) is 27.4. The standard InChI is InChI=1S/C16H23NO3S/c1-4-11(2)12-7-5-6-10-17(12)15(18)13-8-9-14(21-13)16(19)20-3/h8-9,11-12H,4-7,10H2,1-3H3/t11-,12+/m1/s1. The van der Waals surface area contributed by atoms with E-state index in [4.69, 9.17) is 4.74 Å². The minimum absolute atomic E-state index is 0.0557. The summed E-state index contributed by atoms with van der Waals surface area (Å²) >= 11 is 1.22. The Morgan fingerprint density at radius 2 is 2.10 bits per heavy atom. The minimum Gasteiger partial charge on any atom is -0.465 e. The summed E-state index contributed by atoms with van der Waals surface area (Å²) in [5.41, 5.74) is 0. The molecule has 1 aliphatic heterocycles. The average molecular weight is 309 g/mol. The van der Waals surface area contributed by atoms with Crippen molar-refractivity contribution in [3.8, 4) is 0 Å². The molecule has 0 aliphatic carbocycles. The maximum atomic E-state index is 12.7. The molecule has 0 bridgehead atoms. The first-order valence-corrected chi connectivity index (χ1v) is 8.39. The Kier molecular flexibility index (Phi) is 5.39. The van der Waals surface area contributed by atoms with Crippen molar-refractivity contribution in [3.05, 3.63) is 21.9 Å². The maximum absolute atomic E-state index is 12.7. The van der Waals surface area contributed by atoms with E-state index < -0.39 is 0 Å². The van der Waals surface area contributed by atoms with Crippen LogP contribution in [0.15, 0.2) is 12.1 Å². The summed E-state index contributed by atoms with van der Waals surface area (Å²) in [6.45, 7) is 5.20. The molecular weight excluding hydrogens is 286 g/mol. The van der Waals surface area contributed by atoms with Crippen LogP contribution in [0.5, 0.6) is 0 Å². The van der Waals surface area contributed by atoms with Gasteiger partial charge in [0.2, 0.25) is 0 Å². The predicted octanol–water partition coefficient (Wildman–Crippen LogP) is 3.58. The molecule has 1 aliphatic rings. The third kappa shape index (κ3) is 3.46. The van der Waals surface area contributed by atoms with E-state index in [1.165, 1.54) is 24.9 Å². The molecule has 1 aromatic rings. The van der Waals surface area contributed by atoms with Crippen molar-refractivity contribution in [1.82, 2.24) is 4.90 Å². The Bertz CT molecular complexity index is 511. The Morgan fingerprint density at radius 3 is 2.76 bits per heavy atom. The third-order valence-electron chi connectivity index (χ3n) is 4.31. The molecule has 1 aromatic heterocycles. The number of amides is 1. The first-order chi connectivity index (χ1) is 10.1. The van der Waals surface area contributed by atoms with Gasteiger partial charge in [-0.25, -0.2) is 4.79 Å². The summed E-state index contributed by atoms with van der Waals surface area (Å²) in [5, 5.41) is 0. The molecule has 2 rings (SSSR count). The van der Waals surface area contributed by atoms with E-state index in [0.29, 0.717) is 21.7 Å². The van der Waals surface area contributed by atoms with Crippen LogP contribution < -0.4 is 0 Å². The van der Waals surface area contributed by atoms with E-state index in [1.807, 2.05) is 4.90 Å². The molecule has 2 heterocycles. The highest BCUT2D eigenvalue weighted by Crippen LogP contribution is 2.28. The molecule has 0 radical (unpaired) electrons. The number of likely N-dealkylation sites (tertiary alicyclic amines) is 1. The Hall–Kier alpha value is -1.36. The fraction of sp³-hybridized carbons (Fsp3) is 0.625. The zero-order chi connectivity index (χ0) is 15.4. The highest BCUT2D eigenvalue weighted by Gasteiger charge is 2.31. The molecular formula is C16H23NO3S. The van der Waals surface area contributed by atoms with Gasteiger partial charge in [-0.15, -0.1) is 11.3 Å². The monoisotopic (exact) mass is 309 g/mol. The maximum Gasteiger partial charge on any atom is 0.348 e. The number of methoxy groups -OCH3 is 1. The van der Waals surface area contributed by atoms with Crippen LogP contribution in [-0.2, 0) is 4.74 Å². The van der Waals surface area contributed by atoms with Crippen LogP contribution in [0.25, 0.3) is 0 Å². The van der Waals surface area contributed by atoms with Gasteiger partial charge in [0, 0.05) is 12.6 Å². The SMILES string of the molecule is CC[C@@H](C)[C@@H]1CCCCN1C(=O)c1ccc(C(=O)OC)s1. The summed E-state index contributed by atoms with van der Waals surface area (Å²) in [6.07, 6.45) is 4.41. The number of piperidine rings is 1. The van der Waals surface area contributed by atoms with Crippen LogP contribution in [0.4, 0.5) is 0 Å². The lowest BCUT2D eigenvalue weighted by molar-refractivity contribution is 0.0530. The topological polar surface area (TPSA) is 46.6 Å². The zero-order valence-electron chi connectivity index (χ0n) is 12.9. The van der Waals surface area contributed by atoms with Crippen LogP contribution in [0.2, 0.25) is 0 Å². The molecule has 0 spiro atoms. The minimum atomic E-state index is -0.379. The van der Waals surface area contributed by atoms with E-state index in [1.54, 1.807) is 12.1 Å². The van der Waals surface area contributed by atoms with Gasteiger partial charge in [0.15, 0.2) is 0 Å². The highest BCUT2D eigenvalue weighted by atomic mass is 32.1. The van der Waals surface area contributed by atoms with Gasteiger partial charge in [-0.3, -0.25) is 4.79 Å². The van der Waals surface area contributed by atoms with Crippen LogP contribution in [0.1, 0.15) is 58.9 Å². The van der Waals surface area contributed by atoms with Gasteiger partial charge in [-0.05, 0) is 37.3 Å². The number of nitrogens with zero attached hydrogens (tertiary/aromatic N) is 1. The van der Waals surface area contributed by atoms with Gasteiger partial charge < -0.3 is 9.64 Å². The molecule has 1 fully saturated rings. The number of hydrogen-bond acceptors (Lipinski definition) is 4. The second-order valence-corrected chi connectivity index (χ2v) is 6.69. The molecule has 0 aromatic carbocycles. The lowest BCUT2D eigenvalue weighted by Crippen LogP contribution is -2.46. The van der Waals surface area contributed by atoms with Crippen LogP contribution in [0.3, 0.4) is 0 Å². The number of hydrogen-bond donors (Lipinski definition) is 0. The van der Waals surface area contributed by atoms with E-state index in [-0.39, 0.29) is 11.9 Å². The lowest BCUT2D eigenvalue weighted by Gasteiger charge is -2.39. The number of thiophene rings is 1. The number of rotatable bonds is 4. The molecule has 2 atom stereocenters. The lowest BCUT2D eigenvalue weighted by atomic mass is 9.89. The molecule has 5 heteroatoms. The van der Waals surface area contributed by atoms with E-state index in [0.717, 1.165) is 25.8 Å². The third-order valence-corrected chi connectivity index (χ3v) is 5.37. The van der Waals surface area contributed by atoms with Gasteiger partial charge in [0.1, 0.15) is 4.88 Å². The normalized spacial score (nSPS) is 20.1. The summed E-state index contributed by atoms with van der Waals surface area (Å²) in [5.74, 6) is 0.186. The quantitative estimate of drug-likeness (QED) is 0.799. The van der Waals surface area contributed by atoms with Crippen molar-refractivity contribution < 1.29 is 14.3 Å². The second kappa shape index (κ2) is 7.07. The molecule has 0 N–H and O–H groups in total. The van der Waals surface area contributed by atoms with Gasteiger partial charge in [-0.2, -0.15) is 0 Å². The molecule has 0 unspecified atom stereocenters. The number of carbonyl (C=O) groups excluding carboxylic acids is 2. The smallest absolute Gasteiger partial charge is 0.348 e. The molecule has 21 heavy (non-hydrogen) atoms. The molecule has 1 amide bonds. The first-order valence-electron chi connectivity index (χ1n) is 7.57. The Balaban J connectivity index is 2.17. The fourth-order valence-corrected chi connectivity index (χ4v) is 3.76. The van der Waals surface area contributed by atoms with Gasteiger partial charge >= 0.3 is 5.97 Å². The Morgan fingerprint density at radius 1 is 1.38 bits per heavy atom. The van der Waals surface area contributed by atoms with Crippen LogP contribution in [0, 0.1) is 5.92 Å². The van der Waals surface area contributed by atoms with Crippen molar-refractivity contribution in [1.29, 1.82) is 0 Å². The molecule has 0 saturated carbocycles. The Labute approximate surface area is 130 Å².